The van der Waals surface area contributed by atoms with E-state index in [9.17, 15) is 28.4 Å². The van der Waals surface area contributed by atoms with Crippen LogP contribution < -0.4 is 4.90 Å². The molecule has 0 bridgehead atoms. The average molecular weight is 306 g/mol. The van der Waals surface area contributed by atoms with Crippen molar-refractivity contribution in [2.75, 3.05) is 31.3 Å². The van der Waals surface area contributed by atoms with E-state index < -0.39 is 28.4 Å². The van der Waals surface area contributed by atoms with Crippen LogP contribution >= 0.6 is 0 Å². The molecule has 0 amide bonds. The number of nitrogens with zero attached hydrogens (tertiary/aromatic N) is 2. The highest BCUT2D eigenvalue weighted by molar-refractivity contribution is 5.65. The molecule has 0 aliphatic carbocycles. The molecular formula is C12H13F3N2O4. The maximum Gasteiger partial charge on any atom is 0.416 e. The Kier molecular flexibility index (Phi) is 4.33. The minimum Gasteiger partial charge on any atom is -0.394 e. The van der Waals surface area contributed by atoms with Crippen molar-refractivity contribution >= 4 is 11.4 Å². The molecule has 21 heavy (non-hydrogen) atoms. The number of anilines is 1. The number of hydrogen-bond donors (Lipinski definition) is 1. The molecule has 0 radical (unpaired) electrons. The van der Waals surface area contributed by atoms with Crippen molar-refractivity contribution in [2.24, 2.45) is 0 Å². The first-order chi connectivity index (χ1) is 9.84. The smallest absolute Gasteiger partial charge is 0.394 e. The summed E-state index contributed by atoms with van der Waals surface area (Å²) >= 11 is 0. The number of hydrogen-bond acceptors (Lipinski definition) is 5. The van der Waals surface area contributed by atoms with E-state index in [4.69, 9.17) is 4.74 Å². The molecule has 0 saturated carbocycles. The van der Waals surface area contributed by atoms with E-state index in [0.29, 0.717) is 6.07 Å². The second-order valence-electron chi connectivity index (χ2n) is 4.56. The van der Waals surface area contributed by atoms with Crippen LogP contribution in [0.15, 0.2) is 18.2 Å². The van der Waals surface area contributed by atoms with Crippen molar-refractivity contribution < 1.29 is 27.9 Å². The molecule has 1 atom stereocenters. The molecule has 1 saturated heterocycles. The van der Waals surface area contributed by atoms with E-state index in [1.807, 2.05) is 0 Å². The van der Waals surface area contributed by atoms with Gasteiger partial charge in [0.1, 0.15) is 5.69 Å². The molecule has 1 aliphatic rings. The molecule has 0 spiro atoms. The summed E-state index contributed by atoms with van der Waals surface area (Å²) in [7, 11) is 0. The van der Waals surface area contributed by atoms with E-state index in [2.05, 4.69) is 0 Å². The van der Waals surface area contributed by atoms with Crippen LogP contribution in [0.5, 0.6) is 0 Å². The SMILES string of the molecule is O=[N+]([O-])c1cc(C(F)(F)F)ccc1N1CCOCC1CO. The normalized spacial score (nSPS) is 19.6. The summed E-state index contributed by atoms with van der Waals surface area (Å²) in [6.45, 7) is 0.402. The molecule has 1 fully saturated rings. The van der Waals surface area contributed by atoms with Crippen LogP contribution in [-0.4, -0.2) is 42.4 Å². The minimum absolute atomic E-state index is 0.0513. The summed E-state index contributed by atoms with van der Waals surface area (Å²) in [6, 6.07) is 1.86. The lowest BCUT2D eigenvalue weighted by molar-refractivity contribution is -0.384. The minimum atomic E-state index is -4.65. The van der Waals surface area contributed by atoms with Crippen molar-refractivity contribution in [3.05, 3.63) is 33.9 Å². The number of halogens is 3. The zero-order valence-electron chi connectivity index (χ0n) is 10.8. The van der Waals surface area contributed by atoms with E-state index >= 15 is 0 Å². The number of aliphatic hydroxyl groups excluding tert-OH is 1. The largest absolute Gasteiger partial charge is 0.416 e. The highest BCUT2D eigenvalue weighted by Gasteiger charge is 2.35. The number of alkyl halides is 3. The molecule has 1 heterocycles. The van der Waals surface area contributed by atoms with Crippen molar-refractivity contribution in [1.29, 1.82) is 0 Å². The summed E-state index contributed by atoms with van der Waals surface area (Å²) in [5.41, 5.74) is -1.66. The highest BCUT2D eigenvalue weighted by atomic mass is 19.4. The number of rotatable bonds is 3. The number of ether oxygens (including phenoxy) is 1. The number of morpholine rings is 1. The topological polar surface area (TPSA) is 75.8 Å². The van der Waals surface area contributed by atoms with E-state index in [0.717, 1.165) is 12.1 Å². The third-order valence-corrected chi connectivity index (χ3v) is 3.25. The lowest BCUT2D eigenvalue weighted by Gasteiger charge is -2.35. The molecule has 6 nitrogen and oxygen atoms in total. The maximum absolute atomic E-state index is 12.7. The fourth-order valence-corrected chi connectivity index (χ4v) is 2.21. The third-order valence-electron chi connectivity index (χ3n) is 3.25. The predicted molar refractivity (Wildman–Crippen MR) is 67.1 cm³/mol. The Morgan fingerprint density at radius 2 is 2.19 bits per heavy atom. The van der Waals surface area contributed by atoms with Gasteiger partial charge in [-0.1, -0.05) is 0 Å². The van der Waals surface area contributed by atoms with Gasteiger partial charge in [0.2, 0.25) is 0 Å². The summed E-state index contributed by atoms with van der Waals surface area (Å²) in [5.74, 6) is 0. The van der Waals surface area contributed by atoms with Crippen LogP contribution in [0.3, 0.4) is 0 Å². The molecule has 1 aromatic carbocycles. The van der Waals surface area contributed by atoms with Crippen molar-refractivity contribution in [3.8, 4) is 0 Å². The fraction of sp³-hybridized carbons (Fsp3) is 0.500. The van der Waals surface area contributed by atoms with Crippen LogP contribution in [0.1, 0.15) is 5.56 Å². The summed E-state index contributed by atoms with van der Waals surface area (Å²) in [5, 5.41) is 20.3. The second-order valence-corrected chi connectivity index (χ2v) is 4.56. The first kappa shape index (κ1) is 15.5. The highest BCUT2D eigenvalue weighted by Crippen LogP contribution is 2.37. The lowest BCUT2D eigenvalue weighted by atomic mass is 10.1. The fourth-order valence-electron chi connectivity index (χ4n) is 2.21. The summed E-state index contributed by atoms with van der Waals surface area (Å²) < 4.78 is 43.1. The van der Waals surface area contributed by atoms with E-state index in [1.54, 1.807) is 0 Å². The molecule has 1 unspecified atom stereocenters. The Hall–Kier alpha value is -1.87. The van der Waals surface area contributed by atoms with Gasteiger partial charge in [0.15, 0.2) is 0 Å². The first-order valence-corrected chi connectivity index (χ1v) is 6.15. The van der Waals surface area contributed by atoms with Crippen molar-refractivity contribution in [3.63, 3.8) is 0 Å². The Morgan fingerprint density at radius 3 is 2.76 bits per heavy atom. The Morgan fingerprint density at radius 1 is 1.48 bits per heavy atom. The van der Waals surface area contributed by atoms with Gasteiger partial charge in [-0.3, -0.25) is 10.1 Å². The van der Waals surface area contributed by atoms with Gasteiger partial charge in [-0.05, 0) is 12.1 Å². The predicted octanol–water partition coefficient (Wildman–Crippen LogP) is 1.81. The van der Waals surface area contributed by atoms with Crippen LogP contribution in [0.4, 0.5) is 24.5 Å². The van der Waals surface area contributed by atoms with Crippen LogP contribution in [-0.2, 0) is 10.9 Å². The molecule has 1 aliphatic heterocycles. The van der Waals surface area contributed by atoms with Crippen molar-refractivity contribution in [2.45, 2.75) is 12.2 Å². The average Bonchev–Trinajstić information content (AvgIpc) is 2.45. The number of aliphatic hydroxyl groups is 1. The van der Waals surface area contributed by atoms with Gasteiger partial charge < -0.3 is 14.7 Å². The van der Waals surface area contributed by atoms with E-state index in [1.165, 1.54) is 4.90 Å². The molecule has 116 valence electrons. The third kappa shape index (κ3) is 3.24. The Balaban J connectivity index is 2.45. The quantitative estimate of drug-likeness (QED) is 0.681. The Labute approximate surface area is 117 Å². The first-order valence-electron chi connectivity index (χ1n) is 6.15. The van der Waals surface area contributed by atoms with Crippen molar-refractivity contribution in [1.82, 2.24) is 0 Å². The van der Waals surface area contributed by atoms with Gasteiger partial charge in [0.05, 0.1) is 36.3 Å². The standard InChI is InChI=1S/C12H13F3N2O4/c13-12(14,15)8-1-2-10(11(5-8)17(19)20)16-3-4-21-7-9(16)6-18/h1-2,5,9,18H,3-4,6-7H2. The molecule has 2 rings (SSSR count). The van der Waals surface area contributed by atoms with Gasteiger partial charge in [-0.2, -0.15) is 13.2 Å². The van der Waals surface area contributed by atoms with E-state index in [-0.39, 0.29) is 32.1 Å². The Bertz CT molecular complexity index is 536. The number of benzene rings is 1. The van der Waals surface area contributed by atoms with Gasteiger partial charge >= 0.3 is 6.18 Å². The number of nitro groups is 1. The zero-order chi connectivity index (χ0) is 15.6. The van der Waals surface area contributed by atoms with Crippen LogP contribution in [0.25, 0.3) is 0 Å². The summed E-state index contributed by atoms with van der Waals surface area (Å²) in [6.07, 6.45) is -4.65. The van der Waals surface area contributed by atoms with Gasteiger partial charge in [-0.15, -0.1) is 0 Å². The molecule has 1 N–H and O–H groups in total. The van der Waals surface area contributed by atoms with Crippen LogP contribution in [0.2, 0.25) is 0 Å². The summed E-state index contributed by atoms with van der Waals surface area (Å²) in [4.78, 5) is 11.7. The van der Waals surface area contributed by atoms with Gasteiger partial charge in [0.25, 0.3) is 5.69 Å². The zero-order valence-corrected chi connectivity index (χ0v) is 10.8. The van der Waals surface area contributed by atoms with Gasteiger partial charge in [-0.25, -0.2) is 0 Å². The second kappa shape index (κ2) is 5.86. The maximum atomic E-state index is 12.7. The van der Waals surface area contributed by atoms with Gasteiger partial charge in [0, 0.05) is 12.6 Å². The monoisotopic (exact) mass is 306 g/mol. The molecular weight excluding hydrogens is 293 g/mol. The molecule has 1 aromatic rings. The van der Waals surface area contributed by atoms with Crippen LogP contribution in [0, 0.1) is 10.1 Å². The molecule has 0 aromatic heterocycles. The molecule has 9 heteroatoms. The number of nitro benzene ring substituents is 1. The lowest BCUT2D eigenvalue weighted by Crippen LogP contribution is -2.47.